The van der Waals surface area contributed by atoms with Gasteiger partial charge in [-0.3, -0.25) is 11.3 Å². The molecule has 0 saturated carbocycles. The quantitative estimate of drug-likeness (QED) is 0.563. The molecule has 1 aromatic carbocycles. The first-order valence-electron chi connectivity index (χ1n) is 6.96. The molecule has 0 bridgehead atoms. The summed E-state index contributed by atoms with van der Waals surface area (Å²) in [4.78, 5) is 0. The lowest BCUT2D eigenvalue weighted by molar-refractivity contribution is -0.0719. The zero-order chi connectivity index (χ0) is 14.3. The molecule has 0 spiro atoms. The summed E-state index contributed by atoms with van der Waals surface area (Å²) < 4.78 is 19.2. The van der Waals surface area contributed by atoms with Gasteiger partial charge in [-0.05, 0) is 43.9 Å². The molecule has 0 aromatic heterocycles. The molecule has 0 amide bonds. The number of benzene rings is 1. The van der Waals surface area contributed by atoms with Crippen molar-refractivity contribution in [1.29, 1.82) is 0 Å². The summed E-state index contributed by atoms with van der Waals surface area (Å²) in [5, 5.41) is 0. The maximum atomic E-state index is 13.2. The molecular weight excluding hydrogens is 243 g/mol. The summed E-state index contributed by atoms with van der Waals surface area (Å²) in [5.74, 6) is 5.48. The van der Waals surface area contributed by atoms with Crippen LogP contribution in [0.25, 0.3) is 0 Å². The summed E-state index contributed by atoms with van der Waals surface area (Å²) in [7, 11) is 0. The third kappa shape index (κ3) is 4.00. The number of nitrogens with two attached hydrogens (primary N) is 1. The lowest BCUT2D eigenvalue weighted by Gasteiger charge is -2.39. The second-order valence-corrected chi connectivity index (χ2v) is 4.76. The fourth-order valence-electron chi connectivity index (χ4n) is 2.63. The Hall–Kier alpha value is -0.970. The van der Waals surface area contributed by atoms with E-state index in [-0.39, 0.29) is 17.5 Å². The van der Waals surface area contributed by atoms with Crippen LogP contribution in [0.2, 0.25) is 0 Å². The molecule has 19 heavy (non-hydrogen) atoms. The van der Waals surface area contributed by atoms with E-state index in [4.69, 9.17) is 10.6 Å². The van der Waals surface area contributed by atoms with Gasteiger partial charge in [-0.25, -0.2) is 4.39 Å². The normalized spacial score (nSPS) is 13.5. The van der Waals surface area contributed by atoms with Crippen LogP contribution in [-0.4, -0.2) is 18.2 Å². The molecule has 1 rings (SSSR count). The van der Waals surface area contributed by atoms with Gasteiger partial charge in [0.15, 0.2) is 0 Å². The second kappa shape index (κ2) is 7.58. The van der Waals surface area contributed by atoms with Gasteiger partial charge in [0.1, 0.15) is 5.82 Å². The van der Waals surface area contributed by atoms with Crippen LogP contribution in [-0.2, 0) is 11.2 Å². The van der Waals surface area contributed by atoms with Crippen LogP contribution in [0.4, 0.5) is 4.39 Å². The molecule has 0 aliphatic heterocycles. The molecule has 3 nitrogen and oxygen atoms in total. The van der Waals surface area contributed by atoms with Crippen molar-refractivity contribution in [2.75, 3.05) is 6.61 Å². The first kappa shape index (κ1) is 16.1. The average molecular weight is 268 g/mol. The van der Waals surface area contributed by atoms with Crippen molar-refractivity contribution in [1.82, 2.24) is 5.43 Å². The summed E-state index contributed by atoms with van der Waals surface area (Å²) in [6.45, 7) is 6.81. The number of hydrogen-bond acceptors (Lipinski definition) is 3. The third-order valence-corrected chi connectivity index (χ3v) is 3.79. The molecular formula is C15H25FN2O. The van der Waals surface area contributed by atoms with Crippen molar-refractivity contribution in [2.45, 2.75) is 51.7 Å². The van der Waals surface area contributed by atoms with Crippen LogP contribution >= 0.6 is 0 Å². The molecule has 0 aliphatic carbocycles. The number of ether oxygens (including phenoxy) is 1. The van der Waals surface area contributed by atoms with E-state index in [9.17, 15) is 4.39 Å². The van der Waals surface area contributed by atoms with Crippen molar-refractivity contribution in [3.05, 3.63) is 35.6 Å². The molecule has 3 N–H and O–H groups in total. The fraction of sp³-hybridized carbons (Fsp3) is 0.600. The Labute approximate surface area is 115 Å². The van der Waals surface area contributed by atoms with E-state index >= 15 is 0 Å². The van der Waals surface area contributed by atoms with Crippen molar-refractivity contribution in [2.24, 2.45) is 5.84 Å². The van der Waals surface area contributed by atoms with Crippen molar-refractivity contribution in [3.8, 4) is 0 Å². The molecule has 0 heterocycles. The van der Waals surface area contributed by atoms with Crippen LogP contribution < -0.4 is 11.3 Å². The number of hydrogen-bond donors (Lipinski definition) is 2. The van der Waals surface area contributed by atoms with Gasteiger partial charge in [0.25, 0.3) is 0 Å². The molecule has 1 aromatic rings. The van der Waals surface area contributed by atoms with Gasteiger partial charge in [0.2, 0.25) is 0 Å². The largest absolute Gasteiger partial charge is 0.374 e. The van der Waals surface area contributed by atoms with E-state index < -0.39 is 0 Å². The molecule has 4 heteroatoms. The van der Waals surface area contributed by atoms with Crippen LogP contribution in [0.15, 0.2) is 24.3 Å². The predicted octanol–water partition coefficient (Wildman–Crippen LogP) is 2.80. The lowest BCUT2D eigenvalue weighted by Crippen LogP contribution is -2.55. The minimum atomic E-state index is -0.310. The smallest absolute Gasteiger partial charge is 0.123 e. The van der Waals surface area contributed by atoms with E-state index in [1.807, 2.05) is 13.0 Å². The first-order valence-corrected chi connectivity index (χ1v) is 6.96. The standard InChI is InChI=1S/C15H25FN2O/c1-4-15(5-2,19-6-3)14(18-17)11-12-8-7-9-13(16)10-12/h7-10,14,18H,4-6,11,17H2,1-3H3. The Bertz CT molecular complexity index is 380. The van der Waals surface area contributed by atoms with Crippen LogP contribution in [0.3, 0.4) is 0 Å². The van der Waals surface area contributed by atoms with E-state index in [1.165, 1.54) is 6.07 Å². The Balaban J connectivity index is 2.91. The Kier molecular flexibility index (Phi) is 6.42. The first-order chi connectivity index (χ1) is 9.11. The minimum Gasteiger partial charge on any atom is -0.374 e. The van der Waals surface area contributed by atoms with E-state index in [2.05, 4.69) is 19.3 Å². The average Bonchev–Trinajstić information content (AvgIpc) is 2.43. The van der Waals surface area contributed by atoms with Crippen LogP contribution in [0.1, 0.15) is 39.2 Å². The zero-order valence-corrected chi connectivity index (χ0v) is 12.1. The highest BCUT2D eigenvalue weighted by Gasteiger charge is 2.35. The van der Waals surface area contributed by atoms with Gasteiger partial charge < -0.3 is 4.74 Å². The molecule has 0 radical (unpaired) electrons. The summed E-state index contributed by atoms with van der Waals surface area (Å²) in [6.07, 6.45) is 2.37. The molecule has 1 unspecified atom stereocenters. The van der Waals surface area contributed by atoms with Gasteiger partial charge in [0, 0.05) is 6.61 Å². The number of nitrogens with one attached hydrogen (secondary N) is 1. The van der Waals surface area contributed by atoms with Gasteiger partial charge in [-0.15, -0.1) is 0 Å². The molecule has 0 aliphatic rings. The molecule has 0 fully saturated rings. The maximum absolute atomic E-state index is 13.2. The van der Waals surface area contributed by atoms with E-state index in [0.717, 1.165) is 18.4 Å². The summed E-state index contributed by atoms with van der Waals surface area (Å²) >= 11 is 0. The summed E-state index contributed by atoms with van der Waals surface area (Å²) in [5.41, 5.74) is 3.47. The highest BCUT2D eigenvalue weighted by Crippen LogP contribution is 2.27. The number of halogens is 1. The molecule has 108 valence electrons. The summed E-state index contributed by atoms with van der Waals surface area (Å²) in [6, 6.07) is 6.59. The SMILES string of the molecule is CCOC(CC)(CC)C(Cc1cccc(F)c1)NN. The van der Waals surface area contributed by atoms with E-state index in [1.54, 1.807) is 12.1 Å². The van der Waals surface area contributed by atoms with Gasteiger partial charge in [-0.2, -0.15) is 0 Å². The van der Waals surface area contributed by atoms with Crippen LogP contribution in [0.5, 0.6) is 0 Å². The van der Waals surface area contributed by atoms with Crippen LogP contribution in [0, 0.1) is 5.82 Å². The number of rotatable bonds is 8. The Morgan fingerprint density at radius 1 is 1.32 bits per heavy atom. The van der Waals surface area contributed by atoms with Gasteiger partial charge in [0.05, 0.1) is 11.6 Å². The maximum Gasteiger partial charge on any atom is 0.123 e. The lowest BCUT2D eigenvalue weighted by atomic mass is 9.84. The molecule has 1 atom stereocenters. The highest BCUT2D eigenvalue weighted by atomic mass is 19.1. The minimum absolute atomic E-state index is 0.0377. The predicted molar refractivity (Wildman–Crippen MR) is 76.2 cm³/mol. The highest BCUT2D eigenvalue weighted by molar-refractivity contribution is 5.18. The number of hydrazine groups is 1. The zero-order valence-electron chi connectivity index (χ0n) is 12.1. The van der Waals surface area contributed by atoms with Crippen molar-refractivity contribution in [3.63, 3.8) is 0 Å². The Morgan fingerprint density at radius 2 is 2.00 bits per heavy atom. The monoisotopic (exact) mass is 268 g/mol. The van der Waals surface area contributed by atoms with Gasteiger partial charge >= 0.3 is 0 Å². The second-order valence-electron chi connectivity index (χ2n) is 4.76. The van der Waals surface area contributed by atoms with Crippen molar-refractivity contribution >= 4 is 0 Å². The third-order valence-electron chi connectivity index (χ3n) is 3.79. The topological polar surface area (TPSA) is 47.3 Å². The Morgan fingerprint density at radius 3 is 2.47 bits per heavy atom. The molecule has 0 saturated heterocycles. The fourth-order valence-corrected chi connectivity index (χ4v) is 2.63. The van der Waals surface area contributed by atoms with Gasteiger partial charge in [-0.1, -0.05) is 26.0 Å². The van der Waals surface area contributed by atoms with Crippen molar-refractivity contribution < 1.29 is 9.13 Å². The van der Waals surface area contributed by atoms with E-state index in [0.29, 0.717) is 13.0 Å².